The lowest BCUT2D eigenvalue weighted by molar-refractivity contribution is -0.192. The highest BCUT2D eigenvalue weighted by atomic mass is 32.2. The molecule has 188 valence electrons. The molecule has 0 aliphatic carbocycles. The number of sulfone groups is 1. The van der Waals surface area contributed by atoms with Gasteiger partial charge in [0.1, 0.15) is 9.84 Å². The van der Waals surface area contributed by atoms with E-state index >= 15 is 0 Å². The van der Waals surface area contributed by atoms with Gasteiger partial charge in [0.15, 0.2) is 0 Å². The number of hydrogen-bond donors (Lipinski definition) is 1. The fraction of sp³-hybridized carbons (Fsp3) is 0.750. The maximum absolute atomic E-state index is 12.4. The summed E-state index contributed by atoms with van der Waals surface area (Å²) in [5.74, 6) is -2.58. The second-order valence-electron chi connectivity index (χ2n) is 8.54. The number of carbonyl (C=O) groups excluding carboxylic acids is 1. The van der Waals surface area contributed by atoms with Gasteiger partial charge in [-0.3, -0.25) is 14.4 Å². The fourth-order valence-electron chi connectivity index (χ4n) is 4.33. The zero-order valence-electron chi connectivity index (χ0n) is 18.8. The van der Waals surface area contributed by atoms with Crippen LogP contribution < -0.4 is 0 Å². The number of alkyl halides is 3. The molecule has 1 N–H and O–H groups in total. The van der Waals surface area contributed by atoms with Crippen molar-refractivity contribution >= 4 is 21.7 Å². The van der Waals surface area contributed by atoms with Gasteiger partial charge in [-0.2, -0.15) is 18.3 Å². The summed E-state index contributed by atoms with van der Waals surface area (Å²) in [5.41, 5.74) is 1.07. The van der Waals surface area contributed by atoms with E-state index in [1.54, 1.807) is 0 Å². The van der Waals surface area contributed by atoms with Crippen LogP contribution in [-0.2, 0) is 32.5 Å². The highest BCUT2D eigenvalue weighted by Crippen LogP contribution is 2.39. The normalized spacial score (nSPS) is 22.2. The molecule has 13 heteroatoms. The van der Waals surface area contributed by atoms with Gasteiger partial charge < -0.3 is 10.0 Å². The summed E-state index contributed by atoms with van der Waals surface area (Å²) in [7, 11) is -3.06. The molecule has 1 aromatic rings. The van der Waals surface area contributed by atoms with Crippen molar-refractivity contribution in [3.05, 3.63) is 18.0 Å². The van der Waals surface area contributed by atoms with Gasteiger partial charge in [0.25, 0.3) is 0 Å². The number of hydrogen-bond acceptors (Lipinski definition) is 6. The van der Waals surface area contributed by atoms with Crippen LogP contribution in [0, 0.1) is 0 Å². The monoisotopic (exact) mass is 496 g/mol. The molecule has 3 heterocycles. The summed E-state index contributed by atoms with van der Waals surface area (Å²) in [6.07, 6.45) is 4.51. The average Bonchev–Trinajstić information content (AvgIpc) is 3.21. The van der Waals surface area contributed by atoms with Crippen LogP contribution in [0.5, 0.6) is 0 Å². The van der Waals surface area contributed by atoms with Crippen LogP contribution in [0.4, 0.5) is 13.2 Å². The molecule has 0 saturated carbocycles. The lowest BCUT2D eigenvalue weighted by atomic mass is 9.88. The summed E-state index contributed by atoms with van der Waals surface area (Å²) >= 11 is 0. The summed E-state index contributed by atoms with van der Waals surface area (Å²) in [4.78, 5) is 25.6. The van der Waals surface area contributed by atoms with Crippen molar-refractivity contribution in [3.63, 3.8) is 0 Å². The molecule has 0 radical (unpaired) electrons. The standard InChI is InChI=1S/C18H30N4O3S.C2HF3O2/c1-3-21-15-16(13-19-21)14-20-9-4-6-18(8-10-20)7-5-17(23)22(18)11-12-26(2,24)25;3-2(4,5)1(6)7/h13,15H,3-12,14H2,1-2H3;(H,6,7). The van der Waals surface area contributed by atoms with Crippen LogP contribution in [-0.4, -0.2) is 88.3 Å². The first-order valence-corrected chi connectivity index (χ1v) is 12.8. The molecule has 2 aliphatic heterocycles. The van der Waals surface area contributed by atoms with E-state index in [1.807, 2.05) is 15.8 Å². The van der Waals surface area contributed by atoms with Crippen LogP contribution >= 0.6 is 0 Å². The highest BCUT2D eigenvalue weighted by Gasteiger charge is 2.45. The Labute approximate surface area is 191 Å². The number of aliphatic carboxylic acids is 1. The number of amides is 1. The quantitative estimate of drug-likeness (QED) is 0.640. The molecular formula is C20H31F3N4O5S. The third-order valence-corrected chi connectivity index (χ3v) is 6.96. The van der Waals surface area contributed by atoms with E-state index in [0.717, 1.165) is 51.9 Å². The number of carboxylic acid groups (broad SMARTS) is 1. The van der Waals surface area contributed by atoms with E-state index in [-0.39, 0.29) is 17.2 Å². The Bertz CT molecular complexity index is 934. The number of carboxylic acids is 1. The number of nitrogens with zero attached hydrogens (tertiary/aromatic N) is 4. The number of aromatic nitrogens is 2. The number of rotatable bonds is 6. The molecule has 0 aromatic carbocycles. The third kappa shape index (κ3) is 7.98. The molecular weight excluding hydrogens is 465 g/mol. The van der Waals surface area contributed by atoms with Crippen molar-refractivity contribution in [3.8, 4) is 0 Å². The van der Waals surface area contributed by atoms with Crippen LogP contribution in [0.2, 0.25) is 0 Å². The van der Waals surface area contributed by atoms with Crippen LogP contribution in [0.3, 0.4) is 0 Å². The van der Waals surface area contributed by atoms with E-state index in [4.69, 9.17) is 9.90 Å². The molecule has 1 unspecified atom stereocenters. The van der Waals surface area contributed by atoms with Gasteiger partial charge in [-0.15, -0.1) is 0 Å². The molecule has 1 amide bonds. The SMILES string of the molecule is CCn1cc(CN2CCCC3(CCC(=O)N3CCS(C)(=O)=O)CC2)cn1.O=C(O)C(F)(F)F. The van der Waals surface area contributed by atoms with Gasteiger partial charge in [-0.25, -0.2) is 13.2 Å². The molecule has 2 saturated heterocycles. The molecule has 2 aliphatic rings. The first-order chi connectivity index (χ1) is 15.3. The first-order valence-electron chi connectivity index (χ1n) is 10.8. The largest absolute Gasteiger partial charge is 0.490 e. The number of aryl methyl sites for hydroxylation is 1. The predicted molar refractivity (Wildman–Crippen MR) is 114 cm³/mol. The topological polar surface area (TPSA) is 113 Å². The second-order valence-corrected chi connectivity index (χ2v) is 10.8. The average molecular weight is 497 g/mol. The van der Waals surface area contributed by atoms with Gasteiger partial charge in [-0.05, 0) is 39.2 Å². The Morgan fingerprint density at radius 3 is 2.45 bits per heavy atom. The molecule has 9 nitrogen and oxygen atoms in total. The Kier molecular flexibility index (Phi) is 8.91. The lowest BCUT2D eigenvalue weighted by Gasteiger charge is -2.38. The molecule has 2 fully saturated rings. The van der Waals surface area contributed by atoms with Gasteiger partial charge in [0, 0.05) is 56.2 Å². The zero-order valence-corrected chi connectivity index (χ0v) is 19.7. The highest BCUT2D eigenvalue weighted by molar-refractivity contribution is 7.90. The summed E-state index contributed by atoms with van der Waals surface area (Å²) in [5, 5.41) is 11.5. The number of likely N-dealkylation sites (tertiary alicyclic amines) is 2. The molecule has 3 rings (SSSR count). The third-order valence-electron chi connectivity index (χ3n) is 6.03. The summed E-state index contributed by atoms with van der Waals surface area (Å²) in [6, 6.07) is 0. The van der Waals surface area contributed by atoms with Crippen molar-refractivity contribution in [1.29, 1.82) is 0 Å². The van der Waals surface area contributed by atoms with Crippen LogP contribution in [0.1, 0.15) is 44.6 Å². The van der Waals surface area contributed by atoms with E-state index < -0.39 is 22.0 Å². The van der Waals surface area contributed by atoms with Crippen molar-refractivity contribution in [2.45, 2.75) is 63.8 Å². The zero-order chi connectivity index (χ0) is 24.9. The molecule has 0 bridgehead atoms. The van der Waals surface area contributed by atoms with Gasteiger partial charge in [0.05, 0.1) is 11.9 Å². The van der Waals surface area contributed by atoms with Crippen molar-refractivity contribution in [1.82, 2.24) is 19.6 Å². The molecule has 1 aromatic heterocycles. The van der Waals surface area contributed by atoms with Crippen LogP contribution in [0.25, 0.3) is 0 Å². The van der Waals surface area contributed by atoms with Gasteiger partial charge >= 0.3 is 12.1 Å². The van der Waals surface area contributed by atoms with Gasteiger partial charge in [0.2, 0.25) is 5.91 Å². The predicted octanol–water partition coefficient (Wildman–Crippen LogP) is 1.93. The molecule has 1 atom stereocenters. The number of carbonyl (C=O) groups is 2. The Morgan fingerprint density at radius 2 is 1.91 bits per heavy atom. The van der Waals surface area contributed by atoms with E-state index in [0.29, 0.717) is 13.0 Å². The van der Waals surface area contributed by atoms with E-state index in [1.165, 1.54) is 11.8 Å². The van der Waals surface area contributed by atoms with Crippen LogP contribution in [0.15, 0.2) is 12.4 Å². The summed E-state index contributed by atoms with van der Waals surface area (Å²) in [6.45, 7) is 6.11. The van der Waals surface area contributed by atoms with Crippen molar-refractivity contribution < 1.29 is 36.3 Å². The summed E-state index contributed by atoms with van der Waals surface area (Å²) < 4.78 is 56.8. The smallest absolute Gasteiger partial charge is 0.475 e. The fourth-order valence-corrected chi connectivity index (χ4v) is 4.84. The lowest BCUT2D eigenvalue weighted by Crippen LogP contribution is -2.48. The van der Waals surface area contributed by atoms with E-state index in [9.17, 15) is 26.4 Å². The maximum atomic E-state index is 12.4. The maximum Gasteiger partial charge on any atom is 0.490 e. The van der Waals surface area contributed by atoms with Crippen molar-refractivity contribution in [2.24, 2.45) is 0 Å². The Balaban J connectivity index is 0.000000479. The molecule has 33 heavy (non-hydrogen) atoms. The van der Waals surface area contributed by atoms with E-state index in [2.05, 4.69) is 23.1 Å². The Morgan fingerprint density at radius 1 is 1.24 bits per heavy atom. The minimum Gasteiger partial charge on any atom is -0.475 e. The van der Waals surface area contributed by atoms with Gasteiger partial charge in [-0.1, -0.05) is 0 Å². The molecule has 1 spiro atoms. The minimum atomic E-state index is -5.08. The Hall–Kier alpha value is -2.15. The van der Waals surface area contributed by atoms with Crippen molar-refractivity contribution in [2.75, 3.05) is 31.6 Å². The number of halogens is 3. The second kappa shape index (κ2) is 10.9. The minimum absolute atomic E-state index is 0.0560. The first kappa shape index (κ1) is 27.1.